The summed E-state index contributed by atoms with van der Waals surface area (Å²) >= 11 is 4.96. The summed E-state index contributed by atoms with van der Waals surface area (Å²) in [6.07, 6.45) is 2.32. The van der Waals surface area contributed by atoms with Gasteiger partial charge in [-0.25, -0.2) is 8.42 Å². The molecular weight excluding hydrogens is 488 g/mol. The quantitative estimate of drug-likeness (QED) is 0.507. The van der Waals surface area contributed by atoms with E-state index in [-0.39, 0.29) is 21.8 Å². The lowest BCUT2D eigenvalue weighted by Crippen LogP contribution is -2.36. The van der Waals surface area contributed by atoms with Crippen molar-refractivity contribution in [3.8, 4) is 0 Å². The highest BCUT2D eigenvalue weighted by molar-refractivity contribution is 9.10. The second-order valence-corrected chi connectivity index (χ2v) is 10.8. The molecule has 0 bridgehead atoms. The molecule has 1 aliphatic rings. The van der Waals surface area contributed by atoms with Gasteiger partial charge < -0.3 is 9.73 Å². The molecule has 0 radical (unpaired) electrons. The van der Waals surface area contributed by atoms with Crippen molar-refractivity contribution in [1.29, 1.82) is 0 Å². The number of carbonyl (C=O) groups excluding carboxylic acids is 1. The third kappa shape index (κ3) is 4.54. The molecule has 4 rings (SSSR count). The van der Waals surface area contributed by atoms with Gasteiger partial charge in [-0.2, -0.15) is 0 Å². The summed E-state index contributed by atoms with van der Waals surface area (Å²) in [5.74, 6) is -0.440. The first-order valence-corrected chi connectivity index (χ1v) is 12.8. The molecule has 158 valence electrons. The predicted molar refractivity (Wildman–Crippen MR) is 119 cm³/mol. The molecular formula is C21H21BrN2O4S2. The Labute approximate surface area is 187 Å². The first kappa shape index (κ1) is 21.3. The third-order valence-corrected chi connectivity index (χ3v) is 8.25. The Morgan fingerprint density at radius 1 is 1.13 bits per heavy atom. The number of thiophene rings is 1. The molecule has 0 aliphatic carbocycles. The van der Waals surface area contributed by atoms with Crippen LogP contribution in [0.5, 0.6) is 0 Å². The number of rotatable bonds is 7. The molecule has 0 saturated carbocycles. The SMILES string of the molecule is O=C(NCC(c1cccs1)N1CCCC1)c1ccc(S(=O)(=O)c2ccc(Br)cc2)o1. The van der Waals surface area contributed by atoms with Crippen molar-refractivity contribution >= 4 is 43.0 Å². The lowest BCUT2D eigenvalue weighted by atomic mass is 10.2. The number of amides is 1. The van der Waals surface area contributed by atoms with Crippen LogP contribution < -0.4 is 5.32 Å². The zero-order chi connectivity index (χ0) is 21.1. The molecule has 1 aliphatic heterocycles. The van der Waals surface area contributed by atoms with E-state index in [0.29, 0.717) is 6.54 Å². The van der Waals surface area contributed by atoms with Gasteiger partial charge in [-0.3, -0.25) is 9.69 Å². The van der Waals surface area contributed by atoms with Gasteiger partial charge in [0.1, 0.15) is 0 Å². The van der Waals surface area contributed by atoms with Gasteiger partial charge in [-0.15, -0.1) is 11.3 Å². The molecule has 1 aromatic carbocycles. The minimum Gasteiger partial charge on any atom is -0.439 e. The first-order chi connectivity index (χ1) is 14.4. The maximum atomic E-state index is 12.7. The number of benzene rings is 1. The van der Waals surface area contributed by atoms with Gasteiger partial charge in [0.15, 0.2) is 5.76 Å². The van der Waals surface area contributed by atoms with Gasteiger partial charge in [0.25, 0.3) is 5.91 Å². The van der Waals surface area contributed by atoms with Crippen molar-refractivity contribution in [2.24, 2.45) is 0 Å². The van der Waals surface area contributed by atoms with Crippen molar-refractivity contribution in [2.75, 3.05) is 19.6 Å². The average Bonchev–Trinajstić information content (AvgIpc) is 3.50. The largest absolute Gasteiger partial charge is 0.439 e. The molecule has 0 spiro atoms. The van der Waals surface area contributed by atoms with Gasteiger partial charge in [0, 0.05) is 15.9 Å². The van der Waals surface area contributed by atoms with E-state index >= 15 is 0 Å². The molecule has 1 saturated heterocycles. The van der Waals surface area contributed by atoms with Crippen LogP contribution in [0.1, 0.15) is 34.3 Å². The summed E-state index contributed by atoms with van der Waals surface area (Å²) in [6, 6.07) is 13.2. The number of halogens is 1. The highest BCUT2D eigenvalue weighted by Gasteiger charge is 2.27. The van der Waals surface area contributed by atoms with Crippen LogP contribution >= 0.6 is 27.3 Å². The van der Waals surface area contributed by atoms with Crippen LogP contribution in [0, 0.1) is 0 Å². The number of nitrogens with one attached hydrogen (secondary N) is 1. The Balaban J connectivity index is 1.46. The van der Waals surface area contributed by atoms with E-state index < -0.39 is 15.7 Å². The highest BCUT2D eigenvalue weighted by atomic mass is 79.9. The van der Waals surface area contributed by atoms with Crippen LogP contribution in [0.25, 0.3) is 0 Å². The summed E-state index contributed by atoms with van der Waals surface area (Å²) in [5.41, 5.74) is 0. The number of likely N-dealkylation sites (tertiary alicyclic amines) is 1. The standard InChI is InChI=1S/C21H21BrN2O4S2/c22-15-5-7-16(8-6-15)30(26,27)20-10-9-18(28-20)21(25)23-14-17(19-4-3-13-29-19)24-11-1-2-12-24/h3-10,13,17H,1-2,11-12,14H2,(H,23,25). The fraction of sp³-hybridized carbons (Fsp3) is 0.286. The number of carbonyl (C=O) groups is 1. The van der Waals surface area contributed by atoms with Gasteiger partial charge >= 0.3 is 0 Å². The fourth-order valence-electron chi connectivity index (χ4n) is 3.54. The second-order valence-electron chi connectivity index (χ2n) is 7.06. The van der Waals surface area contributed by atoms with E-state index in [1.165, 1.54) is 29.1 Å². The molecule has 1 atom stereocenters. The zero-order valence-corrected chi connectivity index (χ0v) is 19.3. The maximum Gasteiger partial charge on any atom is 0.287 e. The van der Waals surface area contributed by atoms with Gasteiger partial charge in [-0.05, 0) is 73.8 Å². The number of furan rings is 1. The highest BCUT2D eigenvalue weighted by Crippen LogP contribution is 2.28. The lowest BCUT2D eigenvalue weighted by Gasteiger charge is -2.26. The van der Waals surface area contributed by atoms with Crippen molar-refractivity contribution in [3.63, 3.8) is 0 Å². The molecule has 9 heteroatoms. The Kier molecular flexibility index (Phi) is 6.43. The molecule has 2 aromatic heterocycles. The molecule has 30 heavy (non-hydrogen) atoms. The van der Waals surface area contributed by atoms with Crippen molar-refractivity contribution in [2.45, 2.75) is 28.9 Å². The van der Waals surface area contributed by atoms with Crippen molar-refractivity contribution < 1.29 is 17.6 Å². The summed E-state index contributed by atoms with van der Waals surface area (Å²) in [4.78, 5) is 16.3. The van der Waals surface area contributed by atoms with Crippen molar-refractivity contribution in [3.05, 3.63) is 69.0 Å². The fourth-order valence-corrected chi connectivity index (χ4v) is 5.84. The van der Waals surface area contributed by atoms with Crippen LogP contribution in [0.3, 0.4) is 0 Å². The molecule has 3 aromatic rings. The second kappa shape index (κ2) is 9.05. The number of hydrogen-bond acceptors (Lipinski definition) is 6. The Bertz CT molecular complexity index is 1100. The molecule has 1 amide bonds. The molecule has 1 N–H and O–H groups in total. The van der Waals surface area contributed by atoms with E-state index in [1.807, 2.05) is 11.4 Å². The van der Waals surface area contributed by atoms with Crippen LogP contribution in [-0.2, 0) is 9.84 Å². The topological polar surface area (TPSA) is 79.6 Å². The minimum absolute atomic E-state index is 0.0166. The Morgan fingerprint density at radius 3 is 2.53 bits per heavy atom. The molecule has 1 unspecified atom stereocenters. The van der Waals surface area contributed by atoms with Gasteiger partial charge in [0.05, 0.1) is 10.9 Å². The molecule has 1 fully saturated rings. The maximum absolute atomic E-state index is 12.7. The van der Waals surface area contributed by atoms with E-state index in [4.69, 9.17) is 4.42 Å². The number of sulfone groups is 1. The molecule has 3 heterocycles. The Morgan fingerprint density at radius 2 is 1.87 bits per heavy atom. The molecule has 6 nitrogen and oxygen atoms in total. The number of nitrogens with zero attached hydrogens (tertiary/aromatic N) is 1. The summed E-state index contributed by atoms with van der Waals surface area (Å²) in [5, 5.41) is 4.70. The Hall–Kier alpha value is -1.94. The van der Waals surface area contributed by atoms with E-state index in [2.05, 4.69) is 32.2 Å². The number of hydrogen-bond donors (Lipinski definition) is 1. The first-order valence-electron chi connectivity index (χ1n) is 9.61. The van der Waals surface area contributed by atoms with Crippen LogP contribution in [0.15, 0.2) is 72.8 Å². The summed E-state index contributed by atoms with van der Waals surface area (Å²) < 4.78 is 31.7. The van der Waals surface area contributed by atoms with Crippen molar-refractivity contribution in [1.82, 2.24) is 10.2 Å². The van der Waals surface area contributed by atoms with E-state index in [9.17, 15) is 13.2 Å². The van der Waals surface area contributed by atoms with Gasteiger partial charge in [0.2, 0.25) is 14.9 Å². The normalized spacial score (nSPS) is 15.9. The minimum atomic E-state index is -3.82. The van der Waals surface area contributed by atoms with Crippen LogP contribution in [0.2, 0.25) is 0 Å². The summed E-state index contributed by atoms with van der Waals surface area (Å²) in [6.45, 7) is 2.46. The predicted octanol–water partition coefficient (Wildman–Crippen LogP) is 4.50. The van der Waals surface area contributed by atoms with Crippen LogP contribution in [-0.4, -0.2) is 38.9 Å². The monoisotopic (exact) mass is 508 g/mol. The summed E-state index contributed by atoms with van der Waals surface area (Å²) in [7, 11) is -3.82. The third-order valence-electron chi connectivity index (χ3n) is 5.10. The average molecular weight is 509 g/mol. The lowest BCUT2D eigenvalue weighted by molar-refractivity contribution is 0.0905. The zero-order valence-electron chi connectivity index (χ0n) is 16.1. The smallest absolute Gasteiger partial charge is 0.287 e. The van der Waals surface area contributed by atoms with Crippen LogP contribution in [0.4, 0.5) is 0 Å². The van der Waals surface area contributed by atoms with E-state index in [1.54, 1.807) is 23.5 Å². The van der Waals surface area contributed by atoms with E-state index in [0.717, 1.165) is 30.4 Å². The van der Waals surface area contributed by atoms with Gasteiger partial charge in [-0.1, -0.05) is 22.0 Å².